The van der Waals surface area contributed by atoms with E-state index in [1.165, 1.54) is 41.9 Å². The Labute approximate surface area is 172 Å². The monoisotopic (exact) mass is 416 g/mol. The number of nitrogens with one attached hydrogen (secondary N) is 1. The van der Waals surface area contributed by atoms with Crippen molar-refractivity contribution in [3.63, 3.8) is 0 Å². The lowest BCUT2D eigenvalue weighted by Gasteiger charge is -2.36. The average Bonchev–Trinajstić information content (AvgIpc) is 2.75. The second kappa shape index (κ2) is 8.91. The Morgan fingerprint density at radius 2 is 1.70 bits per heavy atom. The Kier molecular flexibility index (Phi) is 6.31. The van der Waals surface area contributed by atoms with E-state index in [2.05, 4.69) is 10.2 Å². The van der Waals surface area contributed by atoms with Crippen LogP contribution in [0.3, 0.4) is 0 Å². The molecule has 1 saturated heterocycles. The Morgan fingerprint density at radius 1 is 1.07 bits per heavy atom. The summed E-state index contributed by atoms with van der Waals surface area (Å²) in [5.74, 6) is 0.327. The lowest BCUT2D eigenvalue weighted by Crippen LogP contribution is -2.50. The lowest BCUT2D eigenvalue weighted by molar-refractivity contribution is -0.384. The molecule has 0 radical (unpaired) electrons. The molecular weight excluding hydrogens is 392 g/mol. The van der Waals surface area contributed by atoms with E-state index in [0.29, 0.717) is 37.6 Å². The van der Waals surface area contributed by atoms with Crippen LogP contribution >= 0.6 is 0 Å². The number of non-ortho nitro benzene ring substituents is 1. The number of anilines is 1. The van der Waals surface area contributed by atoms with Crippen molar-refractivity contribution in [1.82, 2.24) is 19.4 Å². The molecule has 30 heavy (non-hydrogen) atoms. The number of benzene rings is 1. The summed E-state index contributed by atoms with van der Waals surface area (Å²) in [4.78, 5) is 50.6. The van der Waals surface area contributed by atoms with Crippen molar-refractivity contribution >= 4 is 17.4 Å². The lowest BCUT2D eigenvalue weighted by atomic mass is 10.2. The maximum absolute atomic E-state index is 12.2. The molecule has 2 aromatic rings. The third-order valence-electron chi connectivity index (χ3n) is 5.25. The van der Waals surface area contributed by atoms with Crippen molar-refractivity contribution in [1.29, 1.82) is 0 Å². The van der Waals surface area contributed by atoms with Crippen LogP contribution in [-0.4, -0.2) is 64.1 Å². The molecule has 1 aliphatic rings. The molecule has 1 aliphatic heterocycles. The summed E-state index contributed by atoms with van der Waals surface area (Å²) in [6.45, 7) is 3.89. The normalized spacial score (nSPS) is 14.5. The summed E-state index contributed by atoms with van der Waals surface area (Å²) in [6.07, 6.45) is 0. The number of piperazine rings is 1. The molecule has 3 rings (SSSR count). The molecule has 0 unspecified atom stereocenters. The van der Waals surface area contributed by atoms with Gasteiger partial charge in [-0.05, 0) is 12.1 Å². The van der Waals surface area contributed by atoms with Crippen molar-refractivity contribution < 1.29 is 9.72 Å². The fourth-order valence-electron chi connectivity index (χ4n) is 3.39. The first-order valence-corrected chi connectivity index (χ1v) is 9.55. The van der Waals surface area contributed by atoms with Gasteiger partial charge in [-0.1, -0.05) is 0 Å². The van der Waals surface area contributed by atoms with Gasteiger partial charge in [0.05, 0.1) is 4.92 Å². The van der Waals surface area contributed by atoms with E-state index in [-0.39, 0.29) is 22.8 Å². The van der Waals surface area contributed by atoms with Crippen LogP contribution in [0.15, 0.2) is 39.9 Å². The Morgan fingerprint density at radius 3 is 2.30 bits per heavy atom. The van der Waals surface area contributed by atoms with Gasteiger partial charge in [-0.25, -0.2) is 4.79 Å². The second-order valence-corrected chi connectivity index (χ2v) is 7.13. The van der Waals surface area contributed by atoms with Gasteiger partial charge in [0.15, 0.2) is 0 Å². The molecule has 0 bridgehead atoms. The quantitative estimate of drug-likeness (QED) is 0.500. The largest absolute Gasteiger partial charge is 0.355 e. The van der Waals surface area contributed by atoms with Gasteiger partial charge in [0, 0.05) is 77.1 Å². The molecule has 1 aromatic heterocycles. The SMILES string of the molecule is Cn1c(N2CCN(CCNC(=O)c3ccc([N+](=O)[O-])cc3)CC2)cc(=O)n(C)c1=O. The fraction of sp³-hybridized carbons (Fsp3) is 0.421. The highest BCUT2D eigenvalue weighted by molar-refractivity contribution is 5.94. The first kappa shape index (κ1) is 21.2. The molecule has 1 amide bonds. The van der Waals surface area contributed by atoms with Crippen molar-refractivity contribution in [3.8, 4) is 0 Å². The summed E-state index contributed by atoms with van der Waals surface area (Å²) >= 11 is 0. The number of rotatable bonds is 6. The third-order valence-corrected chi connectivity index (χ3v) is 5.25. The molecule has 0 aliphatic carbocycles. The van der Waals surface area contributed by atoms with Crippen LogP contribution in [0.25, 0.3) is 0 Å². The van der Waals surface area contributed by atoms with E-state index >= 15 is 0 Å². The van der Waals surface area contributed by atoms with E-state index in [4.69, 9.17) is 0 Å². The molecule has 1 fully saturated rings. The van der Waals surface area contributed by atoms with E-state index < -0.39 is 4.92 Å². The maximum atomic E-state index is 12.2. The third kappa shape index (κ3) is 4.57. The summed E-state index contributed by atoms with van der Waals surface area (Å²) in [7, 11) is 3.11. The van der Waals surface area contributed by atoms with Gasteiger partial charge in [0.1, 0.15) is 5.82 Å². The first-order chi connectivity index (χ1) is 14.3. The Hall–Kier alpha value is -3.47. The Bertz CT molecular complexity index is 1050. The number of carbonyl (C=O) groups excluding carboxylic acids is 1. The highest BCUT2D eigenvalue weighted by atomic mass is 16.6. The molecule has 1 aromatic carbocycles. The molecule has 11 heteroatoms. The smallest absolute Gasteiger partial charge is 0.332 e. The topological polar surface area (TPSA) is 123 Å². The summed E-state index contributed by atoms with van der Waals surface area (Å²) in [5, 5.41) is 13.5. The van der Waals surface area contributed by atoms with Crippen LogP contribution in [0.4, 0.5) is 11.5 Å². The van der Waals surface area contributed by atoms with E-state index in [1.54, 1.807) is 7.05 Å². The molecule has 0 spiro atoms. The summed E-state index contributed by atoms with van der Waals surface area (Å²) in [6, 6.07) is 6.94. The number of hydrogen-bond donors (Lipinski definition) is 1. The minimum Gasteiger partial charge on any atom is -0.355 e. The second-order valence-electron chi connectivity index (χ2n) is 7.13. The van der Waals surface area contributed by atoms with E-state index in [9.17, 15) is 24.5 Å². The van der Waals surface area contributed by atoms with Crippen molar-refractivity contribution in [2.45, 2.75) is 0 Å². The maximum Gasteiger partial charge on any atom is 0.332 e. The fourth-order valence-corrected chi connectivity index (χ4v) is 3.39. The van der Waals surface area contributed by atoms with Crippen LogP contribution in [0.1, 0.15) is 10.4 Å². The molecular formula is C19H24N6O5. The molecule has 0 saturated carbocycles. The average molecular weight is 416 g/mol. The van der Waals surface area contributed by atoms with Gasteiger partial charge >= 0.3 is 5.69 Å². The standard InChI is InChI=1S/C19H24N6O5/c1-21-16(13-17(26)22(2)19(21)28)24-11-9-23(10-12-24)8-7-20-18(27)14-3-5-15(6-4-14)25(29)30/h3-6,13H,7-12H2,1-2H3,(H,20,27). The number of nitrogens with zero attached hydrogens (tertiary/aromatic N) is 5. The summed E-state index contributed by atoms with van der Waals surface area (Å²) < 4.78 is 2.55. The molecule has 2 heterocycles. The van der Waals surface area contributed by atoms with Crippen LogP contribution < -0.4 is 21.5 Å². The Balaban J connectivity index is 1.48. The van der Waals surface area contributed by atoms with Crippen molar-refractivity contribution in [3.05, 3.63) is 66.8 Å². The number of aromatic nitrogens is 2. The summed E-state index contributed by atoms with van der Waals surface area (Å²) in [5.41, 5.74) is -0.367. The van der Waals surface area contributed by atoms with Crippen LogP contribution in [-0.2, 0) is 14.1 Å². The van der Waals surface area contributed by atoms with Gasteiger partial charge in [-0.15, -0.1) is 0 Å². The number of amides is 1. The zero-order valence-corrected chi connectivity index (χ0v) is 16.9. The predicted octanol–water partition coefficient (Wildman–Crippen LogP) is -0.456. The molecule has 0 atom stereocenters. The van der Waals surface area contributed by atoms with Crippen LogP contribution in [0, 0.1) is 10.1 Å². The molecule has 1 N–H and O–H groups in total. The minimum atomic E-state index is -0.507. The van der Waals surface area contributed by atoms with E-state index in [0.717, 1.165) is 17.7 Å². The van der Waals surface area contributed by atoms with Gasteiger partial charge in [-0.3, -0.25) is 33.7 Å². The highest BCUT2D eigenvalue weighted by Crippen LogP contribution is 2.13. The highest BCUT2D eigenvalue weighted by Gasteiger charge is 2.20. The zero-order valence-electron chi connectivity index (χ0n) is 16.9. The number of nitro groups is 1. The number of nitro benzene ring substituents is 1. The molecule has 160 valence electrons. The van der Waals surface area contributed by atoms with Gasteiger partial charge < -0.3 is 10.2 Å². The number of carbonyl (C=O) groups is 1. The van der Waals surface area contributed by atoms with Gasteiger partial charge in [0.25, 0.3) is 17.2 Å². The van der Waals surface area contributed by atoms with Crippen LogP contribution in [0.2, 0.25) is 0 Å². The number of hydrogen-bond acceptors (Lipinski definition) is 7. The van der Waals surface area contributed by atoms with Crippen molar-refractivity contribution in [2.75, 3.05) is 44.2 Å². The van der Waals surface area contributed by atoms with Crippen LogP contribution in [0.5, 0.6) is 0 Å². The van der Waals surface area contributed by atoms with Crippen molar-refractivity contribution in [2.24, 2.45) is 14.1 Å². The van der Waals surface area contributed by atoms with E-state index in [1.807, 2.05) is 4.90 Å². The van der Waals surface area contributed by atoms with Gasteiger partial charge in [-0.2, -0.15) is 0 Å². The van der Waals surface area contributed by atoms with Gasteiger partial charge in [0.2, 0.25) is 0 Å². The predicted molar refractivity (Wildman–Crippen MR) is 111 cm³/mol. The minimum absolute atomic E-state index is 0.0572. The zero-order chi connectivity index (χ0) is 21.8. The molecule has 11 nitrogen and oxygen atoms in total. The first-order valence-electron chi connectivity index (χ1n) is 9.55.